The van der Waals surface area contributed by atoms with Crippen LogP contribution < -0.4 is 9.44 Å². The van der Waals surface area contributed by atoms with E-state index in [9.17, 15) is 18.4 Å². The fourth-order valence-electron chi connectivity index (χ4n) is 0.602. The van der Waals surface area contributed by atoms with E-state index in [1.54, 1.807) is 13.8 Å². The lowest BCUT2D eigenvalue weighted by Gasteiger charge is -2.11. The molecule has 0 aliphatic carbocycles. The molecule has 0 aliphatic rings. The van der Waals surface area contributed by atoms with E-state index in [0.717, 1.165) is 6.92 Å². The second-order valence-electron chi connectivity index (χ2n) is 2.46. The SMILES string of the molecule is CC=S(O)(=CC)NC(=O)S(=O)NC(C)=O. The maximum Gasteiger partial charge on any atom is 0.340 e. The van der Waals surface area contributed by atoms with Gasteiger partial charge in [0.1, 0.15) is 0 Å². The Morgan fingerprint density at radius 1 is 1.33 bits per heavy atom. The summed E-state index contributed by atoms with van der Waals surface area (Å²) in [5.41, 5.74) is 0. The molecule has 0 fully saturated rings. The number of carbonyl (C=O) groups excluding carboxylic acids is 2. The molecule has 0 aliphatic heterocycles. The molecule has 3 N–H and O–H groups in total. The van der Waals surface area contributed by atoms with Crippen LogP contribution in [0.2, 0.25) is 0 Å². The predicted octanol–water partition coefficient (Wildman–Crippen LogP) is 0.333. The molecule has 0 heterocycles. The molecule has 1 atom stereocenters. The molecule has 0 bridgehead atoms. The minimum absolute atomic E-state index is 0.581. The summed E-state index contributed by atoms with van der Waals surface area (Å²) in [7, 11) is -4.66. The van der Waals surface area contributed by atoms with Gasteiger partial charge in [0.05, 0.1) is 0 Å². The van der Waals surface area contributed by atoms with E-state index in [-0.39, 0.29) is 0 Å². The summed E-state index contributed by atoms with van der Waals surface area (Å²) in [6.07, 6.45) is 0. The molecule has 0 aromatic rings. The molecular formula is C7H14N2O4S2. The zero-order valence-electron chi connectivity index (χ0n) is 8.64. The molecule has 1 unspecified atom stereocenters. The van der Waals surface area contributed by atoms with E-state index in [0.29, 0.717) is 0 Å². The maximum atomic E-state index is 11.2. The standard InChI is InChI=1S/C7H14N2O4S2/c1-4-15(13,5-2)9-7(11)14(12)8-6(3)10/h4-5,13H,1-3H3,(H,8,10)(H,9,11). The van der Waals surface area contributed by atoms with Crippen LogP contribution in [0, 0.1) is 0 Å². The van der Waals surface area contributed by atoms with Crippen LogP contribution in [0.15, 0.2) is 0 Å². The third-order valence-electron chi connectivity index (χ3n) is 1.37. The van der Waals surface area contributed by atoms with Crippen molar-refractivity contribution in [2.24, 2.45) is 0 Å². The highest BCUT2D eigenvalue weighted by atomic mass is 32.2. The van der Waals surface area contributed by atoms with Crippen LogP contribution >= 0.6 is 9.67 Å². The largest absolute Gasteiger partial charge is 0.340 e. The first kappa shape index (κ1) is 14.1. The second kappa shape index (κ2) is 5.89. The monoisotopic (exact) mass is 254 g/mol. The van der Waals surface area contributed by atoms with E-state index in [1.807, 2.05) is 4.72 Å². The van der Waals surface area contributed by atoms with Gasteiger partial charge >= 0.3 is 5.24 Å². The van der Waals surface area contributed by atoms with Crippen LogP contribution in [0.4, 0.5) is 4.79 Å². The first-order valence-corrected chi connectivity index (χ1v) is 6.86. The molecule has 6 nitrogen and oxygen atoms in total. The number of hydrogen-bond acceptors (Lipinski definition) is 4. The summed E-state index contributed by atoms with van der Waals surface area (Å²) >= 11 is 0. The van der Waals surface area contributed by atoms with Gasteiger partial charge in [-0.2, -0.15) is 0 Å². The minimum atomic E-state index is -2.49. The number of carbonyl (C=O) groups is 2. The van der Waals surface area contributed by atoms with Crippen molar-refractivity contribution in [2.45, 2.75) is 20.8 Å². The van der Waals surface area contributed by atoms with Gasteiger partial charge in [-0.15, -0.1) is 0 Å². The van der Waals surface area contributed by atoms with E-state index >= 15 is 0 Å². The molecule has 88 valence electrons. The zero-order valence-corrected chi connectivity index (χ0v) is 10.3. The van der Waals surface area contributed by atoms with Crippen molar-refractivity contribution in [1.82, 2.24) is 9.44 Å². The molecule has 2 amide bonds. The molecular weight excluding hydrogens is 240 g/mol. The number of hydrogen-bond donors (Lipinski definition) is 3. The topological polar surface area (TPSA) is 95.5 Å². The fourth-order valence-corrected chi connectivity index (χ4v) is 2.43. The number of rotatable bonds is 1. The third-order valence-corrected chi connectivity index (χ3v) is 4.36. The van der Waals surface area contributed by atoms with Crippen molar-refractivity contribution in [2.75, 3.05) is 0 Å². The van der Waals surface area contributed by atoms with Gasteiger partial charge in [0.15, 0.2) is 0 Å². The number of nitrogens with one attached hydrogen (secondary N) is 2. The van der Waals surface area contributed by atoms with Crippen molar-refractivity contribution in [3.8, 4) is 0 Å². The van der Waals surface area contributed by atoms with Gasteiger partial charge in [-0.05, 0) is 34.3 Å². The smallest absolute Gasteiger partial charge is 0.327 e. The summed E-state index contributed by atoms with van der Waals surface area (Å²) in [6.45, 7) is 4.27. The fraction of sp³-hybridized carbons (Fsp3) is 0.429. The molecule has 0 aromatic heterocycles. The third kappa shape index (κ3) is 4.96. The number of amides is 2. The summed E-state index contributed by atoms with van der Waals surface area (Å²) in [5, 5.41) is 1.87. The minimum Gasteiger partial charge on any atom is -0.327 e. The van der Waals surface area contributed by atoms with Crippen molar-refractivity contribution >= 4 is 42.5 Å². The normalized spacial score (nSPS) is 12.5. The van der Waals surface area contributed by atoms with Gasteiger partial charge in [-0.25, -0.2) is 4.21 Å². The van der Waals surface area contributed by atoms with Gasteiger partial charge in [0, 0.05) is 6.92 Å². The molecule has 0 saturated heterocycles. The van der Waals surface area contributed by atoms with Crippen LogP contribution in [0.5, 0.6) is 0 Å². The average Bonchev–Trinajstić information content (AvgIpc) is 2.16. The second-order valence-corrected chi connectivity index (χ2v) is 6.07. The first-order valence-electron chi connectivity index (χ1n) is 4.00. The van der Waals surface area contributed by atoms with E-state index in [4.69, 9.17) is 0 Å². The van der Waals surface area contributed by atoms with Gasteiger partial charge in [0.2, 0.25) is 16.9 Å². The highest BCUT2D eigenvalue weighted by molar-refractivity contribution is 8.24. The van der Waals surface area contributed by atoms with E-state index < -0.39 is 31.8 Å². The lowest BCUT2D eigenvalue weighted by atomic mass is 10.8. The Morgan fingerprint density at radius 3 is 2.13 bits per heavy atom. The Bertz CT molecular complexity index is 393. The summed E-state index contributed by atoms with van der Waals surface area (Å²) in [5.74, 6) is -0.581. The zero-order chi connectivity index (χ0) is 12.1. The van der Waals surface area contributed by atoms with Crippen LogP contribution in [0.25, 0.3) is 0 Å². The molecule has 15 heavy (non-hydrogen) atoms. The van der Waals surface area contributed by atoms with Crippen molar-refractivity contribution in [3.05, 3.63) is 0 Å². The van der Waals surface area contributed by atoms with Crippen LogP contribution in [0.3, 0.4) is 0 Å². The quantitative estimate of drug-likeness (QED) is 0.588. The van der Waals surface area contributed by atoms with Gasteiger partial charge in [0.25, 0.3) is 0 Å². The lowest BCUT2D eigenvalue weighted by Crippen LogP contribution is -2.34. The van der Waals surface area contributed by atoms with Crippen LogP contribution in [0.1, 0.15) is 20.8 Å². The van der Waals surface area contributed by atoms with Crippen molar-refractivity contribution in [3.63, 3.8) is 0 Å². The van der Waals surface area contributed by atoms with Crippen LogP contribution in [-0.4, -0.2) is 30.6 Å². The molecule has 0 rings (SSSR count). The molecule has 0 radical (unpaired) electrons. The Labute approximate surface area is 91.5 Å². The molecule has 0 aromatic carbocycles. The average molecular weight is 254 g/mol. The van der Waals surface area contributed by atoms with Crippen LogP contribution in [-0.2, 0) is 15.8 Å². The van der Waals surface area contributed by atoms with E-state index in [1.165, 1.54) is 10.7 Å². The Balaban J connectivity index is 4.66. The molecule has 0 spiro atoms. The lowest BCUT2D eigenvalue weighted by molar-refractivity contribution is -0.117. The van der Waals surface area contributed by atoms with Crippen molar-refractivity contribution < 1.29 is 18.4 Å². The van der Waals surface area contributed by atoms with E-state index in [2.05, 4.69) is 4.72 Å². The predicted molar refractivity (Wildman–Crippen MR) is 64.2 cm³/mol. The Hall–Kier alpha value is -0.860. The summed E-state index contributed by atoms with van der Waals surface area (Å²) in [6, 6.07) is 0. The Kier molecular flexibility index (Phi) is 5.55. The highest BCUT2D eigenvalue weighted by Gasteiger charge is 2.14. The maximum absolute atomic E-state index is 11.2. The Morgan fingerprint density at radius 2 is 1.80 bits per heavy atom. The summed E-state index contributed by atoms with van der Waals surface area (Å²) in [4.78, 5) is 21.7. The molecule has 8 heteroatoms. The van der Waals surface area contributed by atoms with Gasteiger partial charge in [-0.1, -0.05) is 0 Å². The van der Waals surface area contributed by atoms with Gasteiger partial charge < -0.3 is 4.55 Å². The molecule has 0 saturated carbocycles. The van der Waals surface area contributed by atoms with Crippen molar-refractivity contribution in [1.29, 1.82) is 0 Å². The van der Waals surface area contributed by atoms with Gasteiger partial charge in [-0.3, -0.25) is 19.0 Å². The summed E-state index contributed by atoms with van der Waals surface area (Å²) < 4.78 is 24.9. The highest BCUT2D eigenvalue weighted by Crippen LogP contribution is 2.10. The first-order chi connectivity index (χ1) is 6.84.